The molecule has 0 aliphatic carbocycles. The topological polar surface area (TPSA) is 359 Å². The molecular formula is C62H81N9O19S2. The van der Waals surface area contributed by atoms with Crippen molar-refractivity contribution in [3.8, 4) is 5.75 Å². The molecule has 0 radical (unpaired) electrons. The Morgan fingerprint density at radius 2 is 1.00 bits per heavy atom. The minimum absolute atomic E-state index is 0.0500. The van der Waals surface area contributed by atoms with Crippen LogP contribution >= 0.6 is 0 Å². The number of nitro benzene ring substituents is 2. The van der Waals surface area contributed by atoms with Crippen LogP contribution in [-0.2, 0) is 61.3 Å². The van der Waals surface area contributed by atoms with Gasteiger partial charge in [0.25, 0.3) is 11.4 Å². The Labute approximate surface area is 535 Å². The molecule has 92 heavy (non-hydrogen) atoms. The van der Waals surface area contributed by atoms with Gasteiger partial charge in [0, 0.05) is 69.0 Å². The van der Waals surface area contributed by atoms with Crippen molar-refractivity contribution in [2.24, 2.45) is 11.8 Å². The maximum absolute atomic E-state index is 14.0. The first kappa shape index (κ1) is 72.5. The van der Waals surface area contributed by atoms with Crippen molar-refractivity contribution in [1.82, 2.24) is 29.5 Å². The van der Waals surface area contributed by atoms with E-state index in [2.05, 4.69) is 16.0 Å². The van der Waals surface area contributed by atoms with Crippen molar-refractivity contribution < 1.29 is 79.0 Å². The normalized spacial score (nSPS) is 16.2. The Morgan fingerprint density at radius 3 is 1.39 bits per heavy atom. The Bertz CT molecular complexity index is 3400. The molecule has 5 aromatic carbocycles. The lowest BCUT2D eigenvalue weighted by molar-refractivity contribution is -0.385. The number of alkyl carbamates (subject to hydrolysis) is 3. The van der Waals surface area contributed by atoms with Gasteiger partial charge in [-0.2, -0.15) is 8.61 Å². The highest BCUT2D eigenvalue weighted by Gasteiger charge is 2.38. The fraction of sp³-hybridized carbons (Fsp3) is 0.452. The van der Waals surface area contributed by atoms with E-state index in [0.29, 0.717) is 57.0 Å². The molecule has 30 heteroatoms. The number of rotatable bonds is 30. The number of carbonyl (C=O) groups excluding carboxylic acids is 4. The predicted molar refractivity (Wildman–Crippen MR) is 338 cm³/mol. The van der Waals surface area contributed by atoms with Gasteiger partial charge in [-0.3, -0.25) is 20.2 Å². The molecule has 0 aromatic heterocycles. The smallest absolute Gasteiger partial charge is 0.444 e. The summed E-state index contributed by atoms with van der Waals surface area (Å²) in [6, 6.07) is 31.3. The van der Waals surface area contributed by atoms with Crippen LogP contribution in [0.25, 0.3) is 0 Å². The number of nitrogen functional groups attached to an aromatic ring is 1. The van der Waals surface area contributed by atoms with E-state index in [1.165, 1.54) is 40.7 Å². The summed E-state index contributed by atoms with van der Waals surface area (Å²) >= 11 is 0. The molecule has 5 N–H and O–H groups in total. The lowest BCUT2D eigenvalue weighted by Crippen LogP contribution is -2.54. The first-order valence-corrected chi connectivity index (χ1v) is 32.6. The van der Waals surface area contributed by atoms with Crippen molar-refractivity contribution in [3.63, 3.8) is 0 Å². The number of amides is 3. The number of hydrogen-bond donors (Lipinski definition) is 4. The van der Waals surface area contributed by atoms with E-state index in [9.17, 15) is 56.2 Å². The minimum atomic E-state index is -4.34. The molecule has 2 aliphatic rings. The van der Waals surface area contributed by atoms with Crippen LogP contribution in [0.5, 0.6) is 5.75 Å². The number of ether oxygens (including phenoxy) is 7. The molecule has 3 amide bonds. The molecule has 2 saturated heterocycles. The number of benzene rings is 5. The summed E-state index contributed by atoms with van der Waals surface area (Å²) in [5.41, 5.74) is 7.26. The molecule has 0 bridgehead atoms. The second-order valence-electron chi connectivity index (χ2n) is 22.8. The fourth-order valence-corrected chi connectivity index (χ4v) is 12.8. The third-order valence-electron chi connectivity index (χ3n) is 14.1. The quantitative estimate of drug-likeness (QED) is 0.00860. The number of nitrogens with one attached hydrogen (secondary N) is 3. The van der Waals surface area contributed by atoms with Crippen LogP contribution in [-0.4, -0.2) is 181 Å². The lowest BCUT2D eigenvalue weighted by Gasteiger charge is -2.33. The van der Waals surface area contributed by atoms with Crippen LogP contribution in [0.2, 0.25) is 0 Å². The van der Waals surface area contributed by atoms with Crippen LogP contribution in [0.1, 0.15) is 51.7 Å². The zero-order chi connectivity index (χ0) is 67.0. The molecule has 2 aliphatic heterocycles. The second kappa shape index (κ2) is 35.3. The average molecular weight is 1320 g/mol. The van der Waals surface area contributed by atoms with Crippen molar-refractivity contribution in [2.75, 3.05) is 85.5 Å². The summed E-state index contributed by atoms with van der Waals surface area (Å²) in [5, 5.41) is 30.6. The molecule has 0 saturated carbocycles. The molecule has 500 valence electrons. The van der Waals surface area contributed by atoms with E-state index in [0.717, 1.165) is 46.3 Å². The fourth-order valence-electron chi connectivity index (χ4n) is 9.54. The third-order valence-corrected chi connectivity index (χ3v) is 17.8. The van der Waals surface area contributed by atoms with Gasteiger partial charge in [0.05, 0.1) is 71.2 Å². The number of nitrogens with zero attached hydrogens (tertiary/aromatic N) is 5. The largest absolute Gasteiger partial charge is 0.514 e. The number of likely N-dealkylation sites (N-methyl/N-ethyl adjacent to an activating group) is 1. The highest BCUT2D eigenvalue weighted by molar-refractivity contribution is 7.89. The van der Waals surface area contributed by atoms with Crippen molar-refractivity contribution in [1.29, 1.82) is 0 Å². The average Bonchev–Trinajstić information content (AvgIpc) is 1.17. The molecule has 7 rings (SSSR count). The van der Waals surface area contributed by atoms with E-state index in [-0.39, 0.29) is 77.8 Å². The summed E-state index contributed by atoms with van der Waals surface area (Å²) in [7, 11) is -4.61. The van der Waals surface area contributed by atoms with Gasteiger partial charge in [0.1, 0.15) is 30.2 Å². The zero-order valence-electron chi connectivity index (χ0n) is 52.1. The van der Waals surface area contributed by atoms with Gasteiger partial charge in [-0.25, -0.2) is 36.0 Å². The third kappa shape index (κ3) is 23.6. The summed E-state index contributed by atoms with van der Waals surface area (Å²) in [6.45, 7) is 9.06. The predicted octanol–water partition coefficient (Wildman–Crippen LogP) is 7.56. The van der Waals surface area contributed by atoms with E-state index in [1.807, 2.05) is 63.2 Å². The van der Waals surface area contributed by atoms with Crippen LogP contribution in [0.3, 0.4) is 0 Å². The molecule has 2 fully saturated rings. The maximum Gasteiger partial charge on any atom is 0.514 e. The molecule has 0 spiro atoms. The van der Waals surface area contributed by atoms with Gasteiger partial charge >= 0.3 is 24.4 Å². The number of non-ortho nitro benzene ring substituents is 2. The molecular weight excluding hydrogens is 1240 g/mol. The Kier molecular flexibility index (Phi) is 27.9. The number of carbonyl (C=O) groups is 4. The Hall–Kier alpha value is -8.52. The second-order valence-corrected chi connectivity index (χ2v) is 26.7. The lowest BCUT2D eigenvalue weighted by atomic mass is 10.0. The molecule has 0 unspecified atom stereocenters. The highest BCUT2D eigenvalue weighted by Crippen LogP contribution is 2.26. The minimum Gasteiger partial charge on any atom is -0.444 e. The van der Waals surface area contributed by atoms with E-state index in [1.54, 1.807) is 44.2 Å². The zero-order valence-corrected chi connectivity index (χ0v) is 53.7. The van der Waals surface area contributed by atoms with Gasteiger partial charge in [-0.1, -0.05) is 88.4 Å². The number of hydrogen-bond acceptors (Lipinski definition) is 21. The van der Waals surface area contributed by atoms with Gasteiger partial charge in [-0.05, 0) is 98.4 Å². The standard InChI is InChI=1S/C32H36N4O12S.C30H45N5O7S/c1-22(2)19-34(49(43,44)28-14-10-25(11-15-28)36(41)42)20-30(48-32(38)47-26-12-8-24(9-13-26)35(39)40)29(18-23-6-4-3-5-7-23)33-31(37)46-27-16-17-45-21-27;1-22(2)19-35(43(38,39)26-12-10-24(31)11-13-26)20-28(42-29(36)32-15-16-34(3)4)27(18-23-8-6-5-7-9-23)33-30(37)41-25-14-17-40-21-25/h3-15,22,27,29-30H,16-21H2,1-2H3,(H,33,37);5-13,22,25,27-28H,14-21,31H2,1-4H3,(H,32,36)(H,33,37)/t27-,29-,30+;25-,27-,28+/m00/s1. The molecule has 28 nitrogen and oxygen atoms in total. The monoisotopic (exact) mass is 1320 g/mol. The molecule has 2 heterocycles. The molecule has 6 atom stereocenters. The van der Waals surface area contributed by atoms with Crippen molar-refractivity contribution >= 4 is 61.5 Å². The van der Waals surface area contributed by atoms with Gasteiger partial charge in [0.2, 0.25) is 20.0 Å². The van der Waals surface area contributed by atoms with Gasteiger partial charge < -0.3 is 59.7 Å². The Balaban J connectivity index is 0.000000295. The number of anilines is 1. The number of sulfonamides is 2. The molecule has 5 aromatic rings. The Morgan fingerprint density at radius 1 is 0.587 bits per heavy atom. The van der Waals surface area contributed by atoms with Crippen LogP contribution in [0, 0.1) is 32.1 Å². The maximum atomic E-state index is 14.0. The summed E-state index contributed by atoms with van der Waals surface area (Å²) in [6.07, 6.45) is -5.52. The number of nitro groups is 2. The van der Waals surface area contributed by atoms with Crippen LogP contribution in [0.15, 0.2) is 143 Å². The number of nitrogens with two attached hydrogens (primary N) is 1. The van der Waals surface area contributed by atoms with E-state index < -0.39 is 97.4 Å². The van der Waals surface area contributed by atoms with Crippen molar-refractivity contribution in [3.05, 3.63) is 165 Å². The summed E-state index contributed by atoms with van der Waals surface area (Å²) < 4.78 is 96.7. The van der Waals surface area contributed by atoms with Gasteiger partial charge in [-0.15, -0.1) is 0 Å². The van der Waals surface area contributed by atoms with E-state index in [4.69, 9.17) is 38.9 Å². The summed E-state index contributed by atoms with van der Waals surface area (Å²) in [4.78, 5) is 75.1. The summed E-state index contributed by atoms with van der Waals surface area (Å²) in [5.74, 6) is -0.362. The van der Waals surface area contributed by atoms with Crippen molar-refractivity contribution in [2.45, 2.75) is 99.7 Å². The SMILES string of the molecule is CC(C)CN(C[C@@H](OC(=O)NCCN(C)C)[C@H](Cc1ccccc1)NC(=O)O[C@H]1CCOC1)S(=O)(=O)c1ccc(N)cc1.CC(C)CN(C[C@@H](OC(=O)Oc1ccc([N+](=O)[O-])cc1)[C@H](Cc1ccccc1)NC(=O)O[C@H]1CCOC1)S(=O)(=O)c1ccc([N+](=O)[O-])cc1. The first-order chi connectivity index (χ1) is 43.7. The first-order valence-electron chi connectivity index (χ1n) is 29.8. The van der Waals surface area contributed by atoms with E-state index >= 15 is 0 Å². The van der Waals surface area contributed by atoms with Crippen LogP contribution in [0.4, 0.5) is 36.2 Å². The highest BCUT2D eigenvalue weighted by atomic mass is 32.2. The van der Waals surface area contributed by atoms with Crippen LogP contribution < -0.4 is 26.4 Å². The van der Waals surface area contributed by atoms with Gasteiger partial charge in [0.15, 0.2) is 0 Å².